The standard InChI is InChI=1S/C19H22FN5O2/c1-12(2)9-21-13(3)18-23-17(24-27-18)15-5-4-8-25(11-15)19(26)14-6-7-16(20)22-10-14/h6-7,9-10,15,21H,3-5,8,11H2,1-2H3/t15-/m0/s1. The van der Waals surface area contributed by atoms with E-state index in [0.717, 1.165) is 18.4 Å². The molecule has 0 saturated carbocycles. The Balaban J connectivity index is 1.67. The molecule has 1 aliphatic rings. The first kappa shape index (κ1) is 18.8. The van der Waals surface area contributed by atoms with Crippen LogP contribution in [0.25, 0.3) is 5.70 Å². The minimum absolute atomic E-state index is 0.0233. The Morgan fingerprint density at radius 2 is 2.26 bits per heavy atom. The van der Waals surface area contributed by atoms with Crippen LogP contribution in [0.2, 0.25) is 0 Å². The fraction of sp³-hybridized carbons (Fsp3) is 0.368. The van der Waals surface area contributed by atoms with Crippen molar-refractivity contribution in [3.63, 3.8) is 0 Å². The van der Waals surface area contributed by atoms with Crippen LogP contribution >= 0.6 is 0 Å². The van der Waals surface area contributed by atoms with Crippen molar-refractivity contribution in [2.24, 2.45) is 0 Å². The third kappa shape index (κ3) is 4.58. The smallest absolute Gasteiger partial charge is 0.273 e. The molecule has 1 amide bonds. The van der Waals surface area contributed by atoms with Gasteiger partial charge in [-0.1, -0.05) is 17.3 Å². The van der Waals surface area contributed by atoms with Gasteiger partial charge in [-0.05, 0) is 45.0 Å². The SMILES string of the molecule is C=C(NC=C(C)C)c1nc([C@H]2CCCN(C(=O)c3ccc(F)nc3)C2)no1. The number of likely N-dealkylation sites (tertiary alicyclic amines) is 1. The lowest BCUT2D eigenvalue weighted by Crippen LogP contribution is -2.39. The number of allylic oxidation sites excluding steroid dienone is 1. The van der Waals surface area contributed by atoms with E-state index in [4.69, 9.17) is 4.52 Å². The molecule has 1 atom stereocenters. The topological polar surface area (TPSA) is 84.2 Å². The molecule has 0 unspecified atom stereocenters. The third-order valence-corrected chi connectivity index (χ3v) is 4.28. The van der Waals surface area contributed by atoms with Gasteiger partial charge < -0.3 is 14.7 Å². The molecule has 2 aromatic heterocycles. The molecule has 2 aromatic rings. The van der Waals surface area contributed by atoms with Crippen LogP contribution in [0.5, 0.6) is 0 Å². The Labute approximate surface area is 157 Å². The van der Waals surface area contributed by atoms with E-state index < -0.39 is 5.95 Å². The molecular weight excluding hydrogens is 349 g/mol. The predicted molar refractivity (Wildman–Crippen MR) is 98.0 cm³/mol. The number of carbonyl (C=O) groups is 1. The Morgan fingerprint density at radius 3 is 2.96 bits per heavy atom. The third-order valence-electron chi connectivity index (χ3n) is 4.28. The van der Waals surface area contributed by atoms with Gasteiger partial charge in [0.1, 0.15) is 0 Å². The summed E-state index contributed by atoms with van der Waals surface area (Å²) in [6.45, 7) is 8.92. The summed E-state index contributed by atoms with van der Waals surface area (Å²) in [5.74, 6) is 0.0772. The van der Waals surface area contributed by atoms with Gasteiger partial charge in [0.25, 0.3) is 11.8 Å². The highest BCUT2D eigenvalue weighted by Gasteiger charge is 2.29. The van der Waals surface area contributed by atoms with Crippen LogP contribution < -0.4 is 5.32 Å². The highest BCUT2D eigenvalue weighted by molar-refractivity contribution is 5.94. The van der Waals surface area contributed by atoms with Crippen LogP contribution in [0.15, 0.2) is 41.2 Å². The Kier molecular flexibility index (Phi) is 5.63. The number of carbonyl (C=O) groups excluding carboxylic acids is 1. The summed E-state index contributed by atoms with van der Waals surface area (Å²) in [5.41, 5.74) is 1.98. The number of nitrogens with one attached hydrogen (secondary N) is 1. The summed E-state index contributed by atoms with van der Waals surface area (Å²) in [7, 11) is 0. The highest BCUT2D eigenvalue weighted by atomic mass is 19.1. The molecule has 1 saturated heterocycles. The monoisotopic (exact) mass is 371 g/mol. The van der Waals surface area contributed by atoms with E-state index in [1.54, 1.807) is 4.90 Å². The van der Waals surface area contributed by atoms with Crippen molar-refractivity contribution in [1.29, 1.82) is 0 Å². The number of hydrogen-bond acceptors (Lipinski definition) is 6. The Hall–Kier alpha value is -3.03. The second-order valence-electron chi connectivity index (χ2n) is 6.76. The second kappa shape index (κ2) is 8.11. The van der Waals surface area contributed by atoms with E-state index >= 15 is 0 Å². The second-order valence-corrected chi connectivity index (χ2v) is 6.76. The zero-order chi connectivity index (χ0) is 19.4. The first-order chi connectivity index (χ1) is 12.9. The van der Waals surface area contributed by atoms with Crippen LogP contribution in [-0.4, -0.2) is 39.0 Å². The van der Waals surface area contributed by atoms with Gasteiger partial charge >= 0.3 is 0 Å². The van der Waals surface area contributed by atoms with Gasteiger partial charge in [-0.2, -0.15) is 9.37 Å². The van der Waals surface area contributed by atoms with Crippen LogP contribution in [0, 0.1) is 5.95 Å². The van der Waals surface area contributed by atoms with Crippen molar-refractivity contribution in [3.8, 4) is 0 Å². The zero-order valence-electron chi connectivity index (χ0n) is 15.4. The zero-order valence-corrected chi connectivity index (χ0v) is 15.4. The lowest BCUT2D eigenvalue weighted by Gasteiger charge is -2.31. The van der Waals surface area contributed by atoms with E-state index in [0.29, 0.717) is 36.1 Å². The minimum atomic E-state index is -0.607. The van der Waals surface area contributed by atoms with Gasteiger partial charge in [0.05, 0.1) is 11.3 Å². The van der Waals surface area contributed by atoms with Crippen molar-refractivity contribution < 1.29 is 13.7 Å². The van der Waals surface area contributed by atoms with Crippen molar-refractivity contribution >= 4 is 11.6 Å². The molecule has 1 N–H and O–H groups in total. The molecule has 3 heterocycles. The van der Waals surface area contributed by atoms with Gasteiger partial charge in [-0.25, -0.2) is 4.98 Å². The molecule has 0 radical (unpaired) electrons. The molecule has 1 aliphatic heterocycles. The summed E-state index contributed by atoms with van der Waals surface area (Å²) < 4.78 is 18.3. The maximum Gasteiger partial charge on any atom is 0.273 e. The molecule has 1 fully saturated rings. The lowest BCUT2D eigenvalue weighted by molar-refractivity contribution is 0.0703. The normalized spacial score (nSPS) is 16.7. The van der Waals surface area contributed by atoms with E-state index in [-0.39, 0.29) is 11.8 Å². The molecule has 0 bridgehead atoms. The van der Waals surface area contributed by atoms with Gasteiger partial charge in [0, 0.05) is 25.2 Å². The van der Waals surface area contributed by atoms with Crippen LogP contribution in [0.1, 0.15) is 54.7 Å². The lowest BCUT2D eigenvalue weighted by atomic mass is 9.97. The molecule has 0 aromatic carbocycles. The van der Waals surface area contributed by atoms with E-state index in [2.05, 4.69) is 27.0 Å². The van der Waals surface area contributed by atoms with Crippen molar-refractivity contribution in [1.82, 2.24) is 25.3 Å². The number of hydrogen-bond donors (Lipinski definition) is 1. The maximum absolute atomic E-state index is 13.0. The Bertz CT molecular complexity index is 855. The molecule has 3 rings (SSSR count). The van der Waals surface area contributed by atoms with Crippen LogP contribution in [0.3, 0.4) is 0 Å². The molecule has 8 heteroatoms. The van der Waals surface area contributed by atoms with Gasteiger partial charge in [-0.3, -0.25) is 4.79 Å². The van der Waals surface area contributed by atoms with Gasteiger partial charge in [0.15, 0.2) is 5.82 Å². The molecular formula is C19H22FN5O2. The first-order valence-electron chi connectivity index (χ1n) is 8.77. The number of pyridine rings is 1. The fourth-order valence-electron chi connectivity index (χ4n) is 2.87. The first-order valence-corrected chi connectivity index (χ1v) is 8.77. The summed E-state index contributed by atoms with van der Waals surface area (Å²) in [6, 6.07) is 2.63. The summed E-state index contributed by atoms with van der Waals surface area (Å²) in [4.78, 5) is 22.3. The predicted octanol–water partition coefficient (Wildman–Crippen LogP) is 3.11. The fourth-order valence-corrected chi connectivity index (χ4v) is 2.87. The number of rotatable bonds is 5. The molecule has 142 valence electrons. The number of halogens is 1. The molecule has 7 nitrogen and oxygen atoms in total. The van der Waals surface area contributed by atoms with Crippen molar-refractivity contribution in [3.05, 3.63) is 59.9 Å². The average Bonchev–Trinajstić information content (AvgIpc) is 3.16. The summed E-state index contributed by atoms with van der Waals surface area (Å²) >= 11 is 0. The average molecular weight is 371 g/mol. The van der Waals surface area contributed by atoms with Crippen LogP contribution in [0.4, 0.5) is 4.39 Å². The Morgan fingerprint density at radius 1 is 1.44 bits per heavy atom. The van der Waals surface area contributed by atoms with Gasteiger partial charge in [-0.15, -0.1) is 0 Å². The van der Waals surface area contributed by atoms with Crippen molar-refractivity contribution in [2.45, 2.75) is 32.6 Å². The minimum Gasteiger partial charge on any atom is -0.358 e. The molecule has 27 heavy (non-hydrogen) atoms. The van der Waals surface area contributed by atoms with E-state index in [1.807, 2.05) is 20.0 Å². The maximum atomic E-state index is 13.0. The van der Waals surface area contributed by atoms with Gasteiger partial charge in [0.2, 0.25) is 5.95 Å². The van der Waals surface area contributed by atoms with Crippen LogP contribution in [-0.2, 0) is 0 Å². The summed E-state index contributed by atoms with van der Waals surface area (Å²) in [6.07, 6.45) is 4.75. The summed E-state index contributed by atoms with van der Waals surface area (Å²) in [5, 5.41) is 7.07. The number of nitrogens with zero attached hydrogens (tertiary/aromatic N) is 4. The largest absolute Gasteiger partial charge is 0.358 e. The molecule has 0 aliphatic carbocycles. The molecule has 0 spiro atoms. The number of aromatic nitrogens is 3. The number of piperidine rings is 1. The number of amides is 1. The van der Waals surface area contributed by atoms with E-state index in [1.165, 1.54) is 18.3 Å². The highest BCUT2D eigenvalue weighted by Crippen LogP contribution is 2.26. The van der Waals surface area contributed by atoms with E-state index in [9.17, 15) is 9.18 Å². The van der Waals surface area contributed by atoms with Crippen molar-refractivity contribution in [2.75, 3.05) is 13.1 Å². The quantitative estimate of drug-likeness (QED) is 0.813.